The number of phenols is 2. The highest BCUT2D eigenvalue weighted by Crippen LogP contribution is 2.23. The van der Waals surface area contributed by atoms with Gasteiger partial charge in [-0.15, -0.1) is 0 Å². The molecule has 0 aliphatic rings. The summed E-state index contributed by atoms with van der Waals surface area (Å²) in [5.74, 6) is -1.11. The van der Waals surface area contributed by atoms with Crippen molar-refractivity contribution in [1.29, 1.82) is 0 Å². The molecule has 0 amide bonds. The number of benzene rings is 1. The fourth-order valence-electron chi connectivity index (χ4n) is 1.29. The Balaban J connectivity index is 3.10. The summed E-state index contributed by atoms with van der Waals surface area (Å²) in [4.78, 5) is 14.7. The number of aliphatic carboxylic acids is 1. The average Bonchev–Trinajstić information content (AvgIpc) is 2.28. The standard InChI is InChI=1S/C11H13NO4S/c1-6(12-9(5-17)11(15)16)8-4-7(13)2-3-10(8)14/h2-4,9,13-14,17H,5H2,1H3,(H,15,16). The van der Waals surface area contributed by atoms with Crippen molar-refractivity contribution in [2.24, 2.45) is 4.99 Å². The molecule has 0 radical (unpaired) electrons. The highest BCUT2D eigenvalue weighted by Gasteiger charge is 2.15. The van der Waals surface area contributed by atoms with E-state index in [4.69, 9.17) is 5.11 Å². The maximum absolute atomic E-state index is 10.8. The number of nitrogens with zero attached hydrogens (tertiary/aromatic N) is 1. The zero-order valence-corrected chi connectivity index (χ0v) is 10.1. The molecule has 1 aromatic rings. The van der Waals surface area contributed by atoms with E-state index in [0.29, 0.717) is 11.3 Å². The number of carboxylic acids is 1. The van der Waals surface area contributed by atoms with Gasteiger partial charge < -0.3 is 15.3 Å². The van der Waals surface area contributed by atoms with Crippen molar-refractivity contribution < 1.29 is 20.1 Å². The predicted octanol–water partition coefficient (Wildman–Crippen LogP) is 1.29. The summed E-state index contributed by atoms with van der Waals surface area (Å²) in [5, 5.41) is 27.7. The van der Waals surface area contributed by atoms with Crippen LogP contribution in [0.25, 0.3) is 0 Å². The summed E-state index contributed by atoms with van der Waals surface area (Å²) in [7, 11) is 0. The Bertz CT molecular complexity index is 459. The summed E-state index contributed by atoms with van der Waals surface area (Å²) in [5.41, 5.74) is 0.637. The summed E-state index contributed by atoms with van der Waals surface area (Å²) >= 11 is 3.89. The number of carboxylic acid groups (broad SMARTS) is 1. The smallest absolute Gasteiger partial charge is 0.329 e. The minimum atomic E-state index is -1.08. The topological polar surface area (TPSA) is 90.1 Å². The molecule has 92 valence electrons. The fourth-order valence-corrected chi connectivity index (χ4v) is 1.53. The van der Waals surface area contributed by atoms with Gasteiger partial charge in [0.1, 0.15) is 11.5 Å². The van der Waals surface area contributed by atoms with Gasteiger partial charge in [-0.3, -0.25) is 4.99 Å². The van der Waals surface area contributed by atoms with E-state index in [1.54, 1.807) is 6.92 Å². The van der Waals surface area contributed by atoms with Crippen molar-refractivity contribution in [2.75, 3.05) is 5.75 Å². The molecular weight excluding hydrogens is 242 g/mol. The van der Waals surface area contributed by atoms with Gasteiger partial charge in [0.05, 0.1) is 0 Å². The molecule has 5 nitrogen and oxygen atoms in total. The van der Waals surface area contributed by atoms with Crippen LogP contribution < -0.4 is 0 Å². The second kappa shape index (κ2) is 5.58. The van der Waals surface area contributed by atoms with Crippen molar-refractivity contribution in [3.05, 3.63) is 23.8 Å². The van der Waals surface area contributed by atoms with Gasteiger partial charge in [0.25, 0.3) is 0 Å². The molecule has 0 aliphatic carbocycles. The SMILES string of the molecule is CC(=NC(CS)C(=O)O)c1cc(O)ccc1O. The Labute approximate surface area is 104 Å². The highest BCUT2D eigenvalue weighted by atomic mass is 32.1. The van der Waals surface area contributed by atoms with Crippen molar-refractivity contribution in [2.45, 2.75) is 13.0 Å². The van der Waals surface area contributed by atoms with Gasteiger partial charge in [0.2, 0.25) is 0 Å². The molecule has 1 atom stereocenters. The number of hydrogen-bond donors (Lipinski definition) is 4. The molecule has 0 spiro atoms. The fraction of sp³-hybridized carbons (Fsp3) is 0.273. The average molecular weight is 255 g/mol. The Morgan fingerprint density at radius 3 is 2.65 bits per heavy atom. The van der Waals surface area contributed by atoms with E-state index < -0.39 is 12.0 Å². The van der Waals surface area contributed by atoms with Gasteiger partial charge >= 0.3 is 5.97 Å². The van der Waals surface area contributed by atoms with Gasteiger partial charge in [-0.05, 0) is 25.1 Å². The minimum Gasteiger partial charge on any atom is -0.508 e. The lowest BCUT2D eigenvalue weighted by molar-refractivity contribution is -0.137. The maximum atomic E-state index is 10.8. The Morgan fingerprint density at radius 1 is 1.47 bits per heavy atom. The van der Waals surface area contributed by atoms with Crippen LogP contribution in [-0.2, 0) is 4.79 Å². The van der Waals surface area contributed by atoms with Crippen molar-refractivity contribution in [3.63, 3.8) is 0 Å². The quantitative estimate of drug-likeness (QED) is 0.371. The Kier molecular flexibility index (Phi) is 4.39. The van der Waals surface area contributed by atoms with Crippen LogP contribution in [-0.4, -0.2) is 38.8 Å². The summed E-state index contributed by atoms with van der Waals surface area (Å²) < 4.78 is 0. The van der Waals surface area contributed by atoms with Crippen LogP contribution in [0, 0.1) is 0 Å². The van der Waals surface area contributed by atoms with E-state index in [-0.39, 0.29) is 17.3 Å². The lowest BCUT2D eigenvalue weighted by atomic mass is 10.1. The summed E-state index contributed by atoms with van der Waals surface area (Å²) in [6.07, 6.45) is 0. The zero-order chi connectivity index (χ0) is 13.0. The molecule has 0 fully saturated rings. The van der Waals surface area contributed by atoms with Crippen molar-refractivity contribution in [1.82, 2.24) is 0 Å². The third-order valence-corrected chi connectivity index (χ3v) is 2.52. The Hall–Kier alpha value is -1.69. The second-order valence-electron chi connectivity index (χ2n) is 3.45. The third-order valence-electron chi connectivity index (χ3n) is 2.18. The first-order valence-electron chi connectivity index (χ1n) is 4.86. The number of aliphatic imine (C=N–C) groups is 1. The van der Waals surface area contributed by atoms with Crippen LogP contribution in [0.3, 0.4) is 0 Å². The molecule has 0 saturated carbocycles. The number of thiol groups is 1. The zero-order valence-electron chi connectivity index (χ0n) is 9.16. The summed E-state index contributed by atoms with van der Waals surface area (Å²) in [6, 6.07) is 3.01. The molecule has 0 bridgehead atoms. The molecular formula is C11H13NO4S. The lowest BCUT2D eigenvalue weighted by Crippen LogP contribution is -2.21. The van der Waals surface area contributed by atoms with E-state index in [9.17, 15) is 15.0 Å². The number of aromatic hydroxyl groups is 2. The predicted molar refractivity (Wildman–Crippen MR) is 67.3 cm³/mol. The van der Waals surface area contributed by atoms with Crippen LogP contribution in [0.1, 0.15) is 12.5 Å². The normalized spacial score (nSPS) is 13.4. The largest absolute Gasteiger partial charge is 0.508 e. The van der Waals surface area contributed by atoms with Crippen LogP contribution in [0.2, 0.25) is 0 Å². The van der Waals surface area contributed by atoms with Crippen molar-refractivity contribution in [3.8, 4) is 11.5 Å². The first kappa shape index (κ1) is 13.4. The minimum absolute atomic E-state index is 0.0231. The first-order chi connectivity index (χ1) is 7.95. The highest BCUT2D eigenvalue weighted by molar-refractivity contribution is 7.80. The molecule has 1 rings (SSSR count). The van der Waals surface area contributed by atoms with Gasteiger partial charge in [0, 0.05) is 17.0 Å². The number of rotatable bonds is 4. The van der Waals surface area contributed by atoms with E-state index in [1.807, 2.05) is 0 Å². The lowest BCUT2D eigenvalue weighted by Gasteiger charge is -2.08. The molecule has 0 saturated heterocycles. The van der Waals surface area contributed by atoms with E-state index in [1.165, 1.54) is 18.2 Å². The molecule has 0 aliphatic heterocycles. The first-order valence-corrected chi connectivity index (χ1v) is 5.49. The van der Waals surface area contributed by atoms with Gasteiger partial charge in [-0.2, -0.15) is 12.6 Å². The van der Waals surface area contributed by atoms with Crippen LogP contribution in [0.5, 0.6) is 11.5 Å². The van der Waals surface area contributed by atoms with Crippen LogP contribution >= 0.6 is 12.6 Å². The number of phenolic OH excluding ortho intramolecular Hbond substituents is 2. The molecule has 0 heterocycles. The Morgan fingerprint density at radius 2 is 2.12 bits per heavy atom. The molecule has 1 unspecified atom stereocenters. The van der Waals surface area contributed by atoms with Crippen LogP contribution in [0.15, 0.2) is 23.2 Å². The van der Waals surface area contributed by atoms with Gasteiger partial charge in [-0.25, -0.2) is 4.79 Å². The molecule has 0 aromatic heterocycles. The molecule has 6 heteroatoms. The van der Waals surface area contributed by atoms with E-state index >= 15 is 0 Å². The van der Waals surface area contributed by atoms with Crippen molar-refractivity contribution >= 4 is 24.3 Å². The maximum Gasteiger partial charge on any atom is 0.329 e. The molecule has 17 heavy (non-hydrogen) atoms. The number of hydrogen-bond acceptors (Lipinski definition) is 5. The third kappa shape index (κ3) is 3.39. The summed E-state index contributed by atoms with van der Waals surface area (Å²) in [6.45, 7) is 1.56. The van der Waals surface area contributed by atoms with E-state index in [0.717, 1.165) is 0 Å². The van der Waals surface area contributed by atoms with Crippen LogP contribution in [0.4, 0.5) is 0 Å². The van der Waals surface area contributed by atoms with Gasteiger partial charge in [0.15, 0.2) is 6.04 Å². The number of carbonyl (C=O) groups is 1. The van der Waals surface area contributed by atoms with E-state index in [2.05, 4.69) is 17.6 Å². The van der Waals surface area contributed by atoms with Gasteiger partial charge in [-0.1, -0.05) is 0 Å². The second-order valence-corrected chi connectivity index (χ2v) is 3.82. The monoisotopic (exact) mass is 255 g/mol. The molecule has 3 N–H and O–H groups in total. The molecule has 1 aromatic carbocycles.